The normalized spacial score (nSPS) is 43.9. The Kier molecular flexibility index (Phi) is 7.44. The lowest BCUT2D eigenvalue weighted by Crippen LogP contribution is -2.50. The van der Waals surface area contributed by atoms with Crippen molar-refractivity contribution in [2.24, 2.45) is 11.0 Å². The molecule has 3 heterocycles. The summed E-state index contributed by atoms with van der Waals surface area (Å²) in [7, 11) is 0. The highest BCUT2D eigenvalue weighted by Crippen LogP contribution is 2.43. The molecule has 0 aromatic rings. The average molecular weight is 503 g/mol. The van der Waals surface area contributed by atoms with Gasteiger partial charge in [0.2, 0.25) is 0 Å². The highest BCUT2D eigenvalue weighted by molar-refractivity contribution is 14.1. The summed E-state index contributed by atoms with van der Waals surface area (Å²) in [6.07, 6.45) is 7.76. The van der Waals surface area contributed by atoms with Crippen molar-refractivity contribution in [2.75, 3.05) is 11.0 Å². The molecule has 156 valence electrons. The molecule has 3 saturated heterocycles. The first-order valence-corrected chi connectivity index (χ1v) is 11.5. The molecule has 0 amide bonds. The maximum atomic E-state index is 10.6. The lowest BCUT2D eigenvalue weighted by atomic mass is 9.88. The molecule has 0 aromatic heterocycles. The van der Waals surface area contributed by atoms with Gasteiger partial charge in [0.15, 0.2) is 0 Å². The molecule has 3 aliphatic rings. The molecule has 3 rings (SSSR count). The molecule has 0 radical (unpaired) electrons. The van der Waals surface area contributed by atoms with E-state index in [1.54, 1.807) is 0 Å². The van der Waals surface area contributed by atoms with E-state index in [9.17, 15) is 5.11 Å². The van der Waals surface area contributed by atoms with Crippen LogP contribution in [-0.4, -0.2) is 58.3 Å². The molecule has 0 aromatic carbocycles. The maximum absolute atomic E-state index is 10.6. The van der Waals surface area contributed by atoms with Gasteiger partial charge in [-0.1, -0.05) is 58.4 Å². The second-order valence-corrected chi connectivity index (χ2v) is 9.17. The van der Waals surface area contributed by atoms with Crippen LogP contribution < -0.4 is 0 Å². The number of aliphatic hydroxyl groups is 1. The summed E-state index contributed by atoms with van der Waals surface area (Å²) in [6, 6.07) is -0.0889. The van der Waals surface area contributed by atoms with Gasteiger partial charge in [0.1, 0.15) is 17.8 Å². The van der Waals surface area contributed by atoms with Crippen LogP contribution in [0.1, 0.15) is 40.0 Å². The number of epoxide rings is 1. The number of ether oxygens (including phenoxy) is 3. The van der Waals surface area contributed by atoms with E-state index in [-0.39, 0.29) is 30.5 Å². The van der Waals surface area contributed by atoms with Crippen molar-refractivity contribution < 1.29 is 19.3 Å². The van der Waals surface area contributed by atoms with E-state index < -0.39 is 11.7 Å². The molecule has 0 aliphatic carbocycles. The van der Waals surface area contributed by atoms with Crippen molar-refractivity contribution in [3.8, 4) is 0 Å². The van der Waals surface area contributed by atoms with Crippen LogP contribution in [0, 0.1) is 5.92 Å². The van der Waals surface area contributed by atoms with Crippen molar-refractivity contribution in [3.63, 3.8) is 0 Å². The van der Waals surface area contributed by atoms with Gasteiger partial charge < -0.3 is 19.3 Å². The van der Waals surface area contributed by atoms with E-state index in [2.05, 4.69) is 45.6 Å². The van der Waals surface area contributed by atoms with Gasteiger partial charge in [0, 0.05) is 15.8 Å². The first-order chi connectivity index (χ1) is 13.4. The number of hydrogen-bond acceptors (Lipinski definition) is 5. The summed E-state index contributed by atoms with van der Waals surface area (Å²) in [5, 5.41) is 14.4. The van der Waals surface area contributed by atoms with Gasteiger partial charge in [-0.15, -0.1) is 0 Å². The summed E-state index contributed by atoms with van der Waals surface area (Å²) in [5.74, 6) is 0.333. The molecule has 1 spiro atoms. The Morgan fingerprint density at radius 1 is 1.39 bits per heavy atom. The lowest BCUT2D eigenvalue weighted by Gasteiger charge is -2.37. The molecule has 0 unspecified atom stereocenters. The Balaban J connectivity index is 1.56. The fourth-order valence-corrected chi connectivity index (χ4v) is 4.63. The van der Waals surface area contributed by atoms with E-state index in [0.717, 1.165) is 29.3 Å². The minimum absolute atomic E-state index is 0.0629. The zero-order chi connectivity index (χ0) is 20.3. The smallest absolute Gasteiger partial charge is 0.123 e. The number of alkyl halides is 1. The fraction of sp³-hybridized carbons (Fsp3) is 0.800. The van der Waals surface area contributed by atoms with Crippen molar-refractivity contribution >= 4 is 22.6 Å². The molecule has 1 N–H and O–H groups in total. The zero-order valence-corrected chi connectivity index (χ0v) is 18.9. The number of halogens is 1. The first kappa shape index (κ1) is 22.1. The molecular formula is C20H30IN3O4. The van der Waals surface area contributed by atoms with Gasteiger partial charge in [0.25, 0.3) is 0 Å². The third kappa shape index (κ3) is 5.09. The highest BCUT2D eigenvalue weighted by Gasteiger charge is 2.58. The summed E-state index contributed by atoms with van der Waals surface area (Å²) < 4.78 is 18.5. The van der Waals surface area contributed by atoms with E-state index in [0.29, 0.717) is 12.5 Å². The van der Waals surface area contributed by atoms with Crippen molar-refractivity contribution in [2.45, 2.75) is 82.2 Å². The van der Waals surface area contributed by atoms with Gasteiger partial charge in [-0.3, -0.25) is 0 Å². The van der Waals surface area contributed by atoms with Crippen LogP contribution in [0.2, 0.25) is 0 Å². The Bertz CT molecular complexity index is 660. The second-order valence-electron chi connectivity index (χ2n) is 8.29. The standard InChI is InChI=1S/C20H30IN3O4/c1-12(4-6-17-13(2)8-16(23-24-22)14(3)27-17)5-7-18-19(25)20(11-26-20)9-15(10-21)28-18/h4-5,7,13-19,25H,6,8-11H2,1-3H3/b7-5+,12-4+/t13-,14+,15+,16+,17-,18+,19+,20+/m0/s1. The Morgan fingerprint density at radius 3 is 2.79 bits per heavy atom. The van der Waals surface area contributed by atoms with Crippen molar-refractivity contribution in [3.05, 3.63) is 34.2 Å². The molecule has 7 nitrogen and oxygen atoms in total. The van der Waals surface area contributed by atoms with Crippen LogP contribution in [0.15, 0.2) is 28.9 Å². The molecule has 3 fully saturated rings. The summed E-state index contributed by atoms with van der Waals surface area (Å²) in [4.78, 5) is 2.93. The molecule has 0 saturated carbocycles. The van der Waals surface area contributed by atoms with Gasteiger partial charge in [-0.2, -0.15) is 0 Å². The summed E-state index contributed by atoms with van der Waals surface area (Å²) in [5.41, 5.74) is 9.38. The Hall–Kier alpha value is -0.640. The van der Waals surface area contributed by atoms with Crippen LogP contribution in [0.25, 0.3) is 10.4 Å². The topological polar surface area (TPSA) is 100.0 Å². The third-order valence-electron chi connectivity index (χ3n) is 6.06. The van der Waals surface area contributed by atoms with E-state index in [1.807, 2.05) is 26.0 Å². The molecule has 8 heteroatoms. The second kappa shape index (κ2) is 9.45. The van der Waals surface area contributed by atoms with Gasteiger partial charge in [0.05, 0.1) is 31.0 Å². The molecule has 8 atom stereocenters. The van der Waals surface area contributed by atoms with Crippen LogP contribution in [0.3, 0.4) is 0 Å². The largest absolute Gasteiger partial charge is 0.387 e. The first-order valence-electron chi connectivity index (χ1n) is 9.96. The number of allylic oxidation sites excluding steroid dienone is 2. The molecule has 0 bridgehead atoms. The molecular weight excluding hydrogens is 473 g/mol. The lowest BCUT2D eigenvalue weighted by molar-refractivity contribution is -0.124. The van der Waals surface area contributed by atoms with Crippen molar-refractivity contribution in [1.82, 2.24) is 0 Å². The number of nitrogens with zero attached hydrogens (tertiary/aromatic N) is 3. The number of aliphatic hydroxyl groups excluding tert-OH is 1. The van der Waals surface area contributed by atoms with Gasteiger partial charge in [-0.05, 0) is 38.1 Å². The number of hydrogen-bond donors (Lipinski definition) is 1. The quantitative estimate of drug-likeness (QED) is 0.112. The van der Waals surface area contributed by atoms with Crippen LogP contribution in [-0.2, 0) is 14.2 Å². The SMILES string of the molecule is CC(/C=C/[C@H]1O[C@@H](CI)C[C@@]2(CO2)[C@@H]1O)=C\C[C@@H]1O[C@H](C)[C@H](N=[N+]=[N-])C[C@@H]1C. The highest BCUT2D eigenvalue weighted by atomic mass is 127. The fourth-order valence-electron chi connectivity index (χ4n) is 4.11. The summed E-state index contributed by atoms with van der Waals surface area (Å²) in [6.45, 7) is 6.77. The van der Waals surface area contributed by atoms with E-state index in [4.69, 9.17) is 19.7 Å². The minimum atomic E-state index is -0.615. The maximum Gasteiger partial charge on any atom is 0.123 e. The van der Waals surface area contributed by atoms with E-state index >= 15 is 0 Å². The Labute approximate surface area is 180 Å². The van der Waals surface area contributed by atoms with Crippen LogP contribution >= 0.6 is 22.6 Å². The predicted octanol–water partition coefficient (Wildman–Crippen LogP) is 4.09. The zero-order valence-electron chi connectivity index (χ0n) is 16.7. The molecule has 28 heavy (non-hydrogen) atoms. The third-order valence-corrected chi connectivity index (χ3v) is 7.04. The van der Waals surface area contributed by atoms with Gasteiger partial charge >= 0.3 is 0 Å². The monoisotopic (exact) mass is 503 g/mol. The summed E-state index contributed by atoms with van der Waals surface area (Å²) >= 11 is 2.32. The van der Waals surface area contributed by atoms with Gasteiger partial charge in [-0.25, -0.2) is 0 Å². The Morgan fingerprint density at radius 2 is 2.14 bits per heavy atom. The molecule has 3 aliphatic heterocycles. The minimum Gasteiger partial charge on any atom is -0.387 e. The average Bonchev–Trinajstić information content (AvgIpc) is 3.44. The van der Waals surface area contributed by atoms with Crippen LogP contribution in [0.4, 0.5) is 0 Å². The van der Waals surface area contributed by atoms with Crippen LogP contribution in [0.5, 0.6) is 0 Å². The van der Waals surface area contributed by atoms with E-state index in [1.165, 1.54) is 0 Å². The van der Waals surface area contributed by atoms with Crippen molar-refractivity contribution in [1.29, 1.82) is 0 Å². The number of azide groups is 1. The predicted molar refractivity (Wildman–Crippen MR) is 115 cm³/mol. The number of rotatable bonds is 6.